The van der Waals surface area contributed by atoms with Crippen LogP contribution >= 0.6 is 11.6 Å². The van der Waals surface area contributed by atoms with Crippen LogP contribution in [-0.2, 0) is 11.3 Å². The first kappa shape index (κ1) is 17.1. The summed E-state index contributed by atoms with van der Waals surface area (Å²) in [6.07, 6.45) is 1.70. The summed E-state index contributed by atoms with van der Waals surface area (Å²) < 4.78 is 11.3. The van der Waals surface area contributed by atoms with E-state index in [1.807, 2.05) is 12.1 Å². The lowest BCUT2D eigenvalue weighted by Crippen LogP contribution is -3.12. The molecule has 0 unspecified atom stereocenters. The van der Waals surface area contributed by atoms with E-state index in [9.17, 15) is 9.90 Å². The monoisotopic (exact) mass is 372 g/mol. The molecule has 4 rings (SSSR count). The standard InChI is InChI=1S/C20H18ClNO4/c21-14-3-1-13(2-4-14)11-18-19(24)15-5-6-17(23)16(20(15)26-18)12-22-7-9-25-10-8-22/h1-6,11,23H,7-10,12H2/p+1/b18-11-. The molecule has 2 aromatic rings. The molecular formula is C20H19ClNO4+. The van der Waals surface area contributed by atoms with Gasteiger partial charge in [-0.05, 0) is 35.9 Å². The minimum absolute atomic E-state index is 0.156. The van der Waals surface area contributed by atoms with Crippen molar-refractivity contribution < 1.29 is 24.3 Å². The molecule has 0 amide bonds. The number of carbonyl (C=O) groups excluding carboxylic acids is 1. The number of rotatable bonds is 3. The van der Waals surface area contributed by atoms with Crippen molar-refractivity contribution in [3.63, 3.8) is 0 Å². The van der Waals surface area contributed by atoms with Crippen LogP contribution < -0.4 is 9.64 Å². The molecule has 0 aliphatic carbocycles. The zero-order valence-corrected chi connectivity index (χ0v) is 14.9. The Morgan fingerprint density at radius 3 is 2.58 bits per heavy atom. The van der Waals surface area contributed by atoms with E-state index in [2.05, 4.69) is 0 Å². The van der Waals surface area contributed by atoms with Gasteiger partial charge >= 0.3 is 0 Å². The number of Topliss-reactive ketones (excluding diaryl/α,β-unsaturated/α-hetero) is 1. The Bertz CT molecular complexity index is 870. The second kappa shape index (κ2) is 7.11. The summed E-state index contributed by atoms with van der Waals surface area (Å²) in [4.78, 5) is 14.0. The molecule has 0 aromatic heterocycles. The van der Waals surface area contributed by atoms with E-state index < -0.39 is 0 Å². The maximum absolute atomic E-state index is 12.7. The average molecular weight is 373 g/mol. The lowest BCUT2D eigenvalue weighted by molar-refractivity contribution is -0.921. The fourth-order valence-electron chi connectivity index (χ4n) is 3.26. The summed E-state index contributed by atoms with van der Waals surface area (Å²) in [7, 11) is 0. The van der Waals surface area contributed by atoms with Gasteiger partial charge in [-0.25, -0.2) is 0 Å². The highest BCUT2D eigenvalue weighted by Gasteiger charge is 2.32. The lowest BCUT2D eigenvalue weighted by Gasteiger charge is -2.24. The second-order valence-corrected chi connectivity index (χ2v) is 6.91. The van der Waals surface area contributed by atoms with E-state index in [-0.39, 0.29) is 17.3 Å². The number of ketones is 1. The highest BCUT2D eigenvalue weighted by Crippen LogP contribution is 2.39. The SMILES string of the molecule is O=C1/C(=C/c2ccc(Cl)cc2)Oc2c1ccc(O)c2C[NH+]1CCOCC1. The van der Waals surface area contributed by atoms with Crippen LogP contribution in [0.1, 0.15) is 21.5 Å². The molecule has 5 nitrogen and oxygen atoms in total. The number of benzene rings is 2. The zero-order chi connectivity index (χ0) is 18.1. The van der Waals surface area contributed by atoms with Crippen LogP contribution in [-0.4, -0.2) is 37.2 Å². The minimum atomic E-state index is -0.173. The third-order valence-corrected chi connectivity index (χ3v) is 4.96. The minimum Gasteiger partial charge on any atom is -0.507 e. The largest absolute Gasteiger partial charge is 0.507 e. The molecule has 2 aliphatic rings. The number of ether oxygens (including phenoxy) is 2. The van der Waals surface area contributed by atoms with Crippen LogP contribution in [0, 0.1) is 0 Å². The highest BCUT2D eigenvalue weighted by atomic mass is 35.5. The average Bonchev–Trinajstić information content (AvgIpc) is 2.96. The number of allylic oxidation sites excluding steroid dienone is 1. The van der Waals surface area contributed by atoms with Gasteiger partial charge in [0.05, 0.1) is 24.3 Å². The molecule has 2 aliphatic heterocycles. The normalized spacial score (nSPS) is 18.8. The fraction of sp³-hybridized carbons (Fsp3) is 0.250. The Morgan fingerprint density at radius 1 is 1.12 bits per heavy atom. The van der Waals surface area contributed by atoms with Crippen LogP contribution in [0.4, 0.5) is 0 Å². The van der Waals surface area contributed by atoms with Crippen LogP contribution in [0.25, 0.3) is 6.08 Å². The fourth-order valence-corrected chi connectivity index (χ4v) is 3.39. The van der Waals surface area contributed by atoms with E-state index in [1.165, 1.54) is 4.90 Å². The number of quaternary nitrogens is 1. The predicted octanol–water partition coefficient (Wildman–Crippen LogP) is 2.08. The van der Waals surface area contributed by atoms with Crippen molar-refractivity contribution in [3.05, 3.63) is 63.9 Å². The summed E-state index contributed by atoms with van der Waals surface area (Å²) in [5.41, 5.74) is 1.99. The van der Waals surface area contributed by atoms with Crippen LogP contribution in [0.2, 0.25) is 5.02 Å². The van der Waals surface area contributed by atoms with E-state index in [0.29, 0.717) is 41.7 Å². The number of phenols is 1. The van der Waals surface area contributed by atoms with E-state index in [1.54, 1.807) is 30.3 Å². The number of carbonyl (C=O) groups is 1. The smallest absolute Gasteiger partial charge is 0.231 e. The van der Waals surface area contributed by atoms with Gasteiger partial charge in [-0.2, -0.15) is 0 Å². The quantitative estimate of drug-likeness (QED) is 0.810. The van der Waals surface area contributed by atoms with Gasteiger partial charge < -0.3 is 19.5 Å². The highest BCUT2D eigenvalue weighted by molar-refractivity contribution is 6.30. The topological polar surface area (TPSA) is 60.2 Å². The van der Waals surface area contributed by atoms with Crippen LogP contribution in [0.15, 0.2) is 42.2 Å². The molecule has 6 heteroatoms. The first-order valence-corrected chi connectivity index (χ1v) is 8.95. The number of nitrogens with one attached hydrogen (secondary N) is 1. The number of aromatic hydroxyl groups is 1. The third-order valence-electron chi connectivity index (χ3n) is 4.71. The molecule has 2 N–H and O–H groups in total. The number of hydrogen-bond donors (Lipinski definition) is 2. The maximum atomic E-state index is 12.7. The molecule has 0 bridgehead atoms. The van der Waals surface area contributed by atoms with Gasteiger partial charge in [0.15, 0.2) is 11.5 Å². The maximum Gasteiger partial charge on any atom is 0.231 e. The summed E-state index contributed by atoms with van der Waals surface area (Å²) in [5, 5.41) is 11.0. The Balaban J connectivity index is 1.64. The summed E-state index contributed by atoms with van der Waals surface area (Å²) in [5.74, 6) is 0.705. The van der Waals surface area contributed by atoms with Gasteiger partial charge in [-0.3, -0.25) is 4.79 Å². The van der Waals surface area contributed by atoms with Crippen molar-refractivity contribution in [1.82, 2.24) is 0 Å². The molecule has 0 radical (unpaired) electrons. The van der Waals surface area contributed by atoms with Gasteiger partial charge in [0, 0.05) is 5.02 Å². The van der Waals surface area contributed by atoms with E-state index in [0.717, 1.165) is 18.7 Å². The summed E-state index contributed by atoms with van der Waals surface area (Å²) >= 11 is 5.90. The van der Waals surface area contributed by atoms with E-state index in [4.69, 9.17) is 21.1 Å². The molecule has 134 valence electrons. The Labute approximate surface area is 156 Å². The van der Waals surface area contributed by atoms with Gasteiger partial charge in [0.2, 0.25) is 5.78 Å². The zero-order valence-electron chi connectivity index (χ0n) is 14.1. The van der Waals surface area contributed by atoms with Crippen molar-refractivity contribution in [2.24, 2.45) is 0 Å². The molecule has 0 atom stereocenters. The summed E-state index contributed by atoms with van der Waals surface area (Å²) in [6, 6.07) is 10.4. The molecule has 1 fully saturated rings. The van der Waals surface area contributed by atoms with Gasteiger partial charge in [0.25, 0.3) is 0 Å². The molecular weight excluding hydrogens is 354 g/mol. The molecule has 2 heterocycles. The van der Waals surface area contributed by atoms with Crippen molar-refractivity contribution >= 4 is 23.5 Å². The number of hydrogen-bond acceptors (Lipinski definition) is 4. The first-order chi connectivity index (χ1) is 12.6. The van der Waals surface area contributed by atoms with Crippen molar-refractivity contribution in [1.29, 1.82) is 0 Å². The lowest BCUT2D eigenvalue weighted by atomic mass is 10.0. The molecule has 2 aromatic carbocycles. The van der Waals surface area contributed by atoms with Crippen LogP contribution in [0.5, 0.6) is 11.5 Å². The predicted molar refractivity (Wildman–Crippen MR) is 97.7 cm³/mol. The third kappa shape index (κ3) is 3.33. The molecule has 26 heavy (non-hydrogen) atoms. The summed E-state index contributed by atoms with van der Waals surface area (Å²) in [6.45, 7) is 3.73. The van der Waals surface area contributed by atoms with Crippen molar-refractivity contribution in [3.8, 4) is 11.5 Å². The van der Waals surface area contributed by atoms with Gasteiger partial charge in [-0.1, -0.05) is 23.7 Å². The molecule has 0 saturated carbocycles. The Kier molecular flexibility index (Phi) is 4.68. The number of phenolic OH excluding ortho intramolecular Hbond substituents is 1. The Morgan fingerprint density at radius 2 is 1.85 bits per heavy atom. The first-order valence-electron chi connectivity index (χ1n) is 8.58. The van der Waals surface area contributed by atoms with Gasteiger partial charge in [0.1, 0.15) is 25.4 Å². The second-order valence-electron chi connectivity index (χ2n) is 6.47. The number of morpholine rings is 1. The number of halogens is 1. The molecule has 0 spiro atoms. The van der Waals surface area contributed by atoms with Crippen molar-refractivity contribution in [2.45, 2.75) is 6.54 Å². The van der Waals surface area contributed by atoms with E-state index >= 15 is 0 Å². The van der Waals surface area contributed by atoms with Crippen LogP contribution in [0.3, 0.4) is 0 Å². The molecule has 1 saturated heterocycles. The van der Waals surface area contributed by atoms with Gasteiger partial charge in [-0.15, -0.1) is 0 Å². The van der Waals surface area contributed by atoms with Crippen molar-refractivity contribution in [2.75, 3.05) is 26.3 Å². The number of fused-ring (bicyclic) bond motifs is 1. The Hall–Kier alpha value is -2.34.